The normalized spacial score (nSPS) is 12.4. The molecule has 0 radical (unpaired) electrons. The van der Waals surface area contributed by atoms with Crippen LogP contribution in [0.15, 0.2) is 35.2 Å². The van der Waals surface area contributed by atoms with E-state index in [4.69, 9.17) is 4.74 Å². The zero-order valence-electron chi connectivity index (χ0n) is 13.2. The Morgan fingerprint density at radius 3 is 2.87 bits per heavy atom. The van der Waals surface area contributed by atoms with Crippen LogP contribution in [-0.2, 0) is 4.74 Å². The second-order valence-electron chi connectivity index (χ2n) is 5.34. The zero-order valence-corrected chi connectivity index (χ0v) is 14.0. The Morgan fingerprint density at radius 2 is 2.17 bits per heavy atom. The van der Waals surface area contributed by atoms with E-state index in [1.54, 1.807) is 5.51 Å². The third kappa shape index (κ3) is 3.12. The van der Waals surface area contributed by atoms with E-state index in [0.29, 0.717) is 11.5 Å². The first-order chi connectivity index (χ1) is 11.2. The SMILES string of the molecule is CCCC(CC)OC(=O)n1c(-c2cscn2)nc2ccccc21. The molecule has 0 amide bonds. The highest BCUT2D eigenvalue weighted by atomic mass is 32.1. The van der Waals surface area contributed by atoms with Crippen LogP contribution >= 0.6 is 11.3 Å². The zero-order chi connectivity index (χ0) is 16.2. The van der Waals surface area contributed by atoms with E-state index in [1.165, 1.54) is 15.9 Å². The third-order valence-corrected chi connectivity index (χ3v) is 4.32. The van der Waals surface area contributed by atoms with E-state index < -0.39 is 0 Å². The molecule has 5 nitrogen and oxygen atoms in total. The number of thiazole rings is 1. The second-order valence-corrected chi connectivity index (χ2v) is 6.05. The van der Waals surface area contributed by atoms with Crippen molar-refractivity contribution in [3.8, 4) is 11.5 Å². The van der Waals surface area contributed by atoms with Gasteiger partial charge in [-0.05, 0) is 25.0 Å². The Bertz CT molecular complexity index is 795. The first kappa shape index (κ1) is 15.7. The molecular formula is C17H19N3O2S. The van der Waals surface area contributed by atoms with Crippen LogP contribution in [0.25, 0.3) is 22.6 Å². The van der Waals surface area contributed by atoms with E-state index in [2.05, 4.69) is 16.9 Å². The van der Waals surface area contributed by atoms with Crippen LogP contribution in [0.4, 0.5) is 4.79 Å². The molecule has 3 aromatic rings. The minimum Gasteiger partial charge on any atom is -0.446 e. The molecule has 0 spiro atoms. The maximum Gasteiger partial charge on any atom is 0.420 e. The lowest BCUT2D eigenvalue weighted by Crippen LogP contribution is -2.22. The number of imidazole rings is 1. The third-order valence-electron chi connectivity index (χ3n) is 3.74. The molecule has 2 aromatic heterocycles. The number of rotatable bonds is 5. The number of carbonyl (C=O) groups is 1. The van der Waals surface area contributed by atoms with Crippen molar-refractivity contribution < 1.29 is 9.53 Å². The predicted molar refractivity (Wildman–Crippen MR) is 91.7 cm³/mol. The maximum atomic E-state index is 12.8. The summed E-state index contributed by atoms with van der Waals surface area (Å²) in [6, 6.07) is 7.56. The minimum atomic E-state index is -0.387. The number of carbonyl (C=O) groups excluding carboxylic acids is 1. The molecule has 2 heterocycles. The standard InChI is InChI=1S/C17H19N3O2S/c1-3-7-12(4-2)22-17(21)20-15-9-6-5-8-13(15)19-16(20)14-10-23-11-18-14/h5-6,8-12H,3-4,7H2,1-2H3. The Hall–Kier alpha value is -2.21. The van der Waals surface area contributed by atoms with Gasteiger partial charge in [-0.2, -0.15) is 0 Å². The van der Waals surface area contributed by atoms with Gasteiger partial charge in [0, 0.05) is 5.38 Å². The lowest BCUT2D eigenvalue weighted by Gasteiger charge is -2.16. The molecule has 3 rings (SSSR count). The number of para-hydroxylation sites is 2. The van der Waals surface area contributed by atoms with Crippen LogP contribution in [0.1, 0.15) is 33.1 Å². The van der Waals surface area contributed by atoms with E-state index in [0.717, 1.165) is 30.3 Å². The molecule has 23 heavy (non-hydrogen) atoms. The van der Waals surface area contributed by atoms with Crippen molar-refractivity contribution in [2.75, 3.05) is 0 Å². The quantitative estimate of drug-likeness (QED) is 0.679. The minimum absolute atomic E-state index is 0.0723. The number of benzene rings is 1. The van der Waals surface area contributed by atoms with E-state index in [-0.39, 0.29) is 12.2 Å². The molecule has 0 fully saturated rings. The van der Waals surface area contributed by atoms with Crippen molar-refractivity contribution in [2.45, 2.75) is 39.2 Å². The molecule has 1 atom stereocenters. The van der Waals surface area contributed by atoms with Crippen LogP contribution in [0.5, 0.6) is 0 Å². The van der Waals surface area contributed by atoms with E-state index in [9.17, 15) is 4.79 Å². The van der Waals surface area contributed by atoms with Gasteiger partial charge in [0.25, 0.3) is 0 Å². The molecule has 6 heteroatoms. The molecule has 1 unspecified atom stereocenters. The molecule has 1 aromatic carbocycles. The molecule has 0 bridgehead atoms. The van der Waals surface area contributed by atoms with Gasteiger partial charge in [-0.3, -0.25) is 0 Å². The first-order valence-electron chi connectivity index (χ1n) is 7.81. The van der Waals surface area contributed by atoms with Crippen LogP contribution in [0.3, 0.4) is 0 Å². The topological polar surface area (TPSA) is 57.0 Å². The van der Waals surface area contributed by atoms with Gasteiger partial charge in [-0.25, -0.2) is 19.3 Å². The number of nitrogens with zero attached hydrogens (tertiary/aromatic N) is 3. The monoisotopic (exact) mass is 329 g/mol. The molecular weight excluding hydrogens is 310 g/mol. The summed E-state index contributed by atoms with van der Waals surface area (Å²) in [7, 11) is 0. The number of aromatic nitrogens is 3. The van der Waals surface area contributed by atoms with Gasteiger partial charge in [0.2, 0.25) is 0 Å². The fourth-order valence-electron chi connectivity index (χ4n) is 2.57. The summed E-state index contributed by atoms with van der Waals surface area (Å²) in [5.74, 6) is 0.531. The highest BCUT2D eigenvalue weighted by Crippen LogP contribution is 2.25. The summed E-state index contributed by atoms with van der Waals surface area (Å²) >= 11 is 1.47. The number of fused-ring (bicyclic) bond motifs is 1. The van der Waals surface area contributed by atoms with Gasteiger partial charge >= 0.3 is 6.09 Å². The van der Waals surface area contributed by atoms with Crippen molar-refractivity contribution in [1.29, 1.82) is 0 Å². The molecule has 0 aliphatic rings. The van der Waals surface area contributed by atoms with Crippen molar-refractivity contribution in [3.63, 3.8) is 0 Å². The highest BCUT2D eigenvalue weighted by Gasteiger charge is 2.22. The molecule has 120 valence electrons. The lowest BCUT2D eigenvalue weighted by atomic mass is 10.2. The van der Waals surface area contributed by atoms with Gasteiger partial charge in [-0.1, -0.05) is 32.4 Å². The predicted octanol–water partition coefficient (Wildman–Crippen LogP) is 4.72. The van der Waals surface area contributed by atoms with Crippen LogP contribution in [0, 0.1) is 0 Å². The summed E-state index contributed by atoms with van der Waals surface area (Å²) in [5, 5.41) is 1.88. The first-order valence-corrected chi connectivity index (χ1v) is 8.75. The Balaban J connectivity index is 2.04. The maximum absolute atomic E-state index is 12.8. The molecule has 0 aliphatic heterocycles. The number of hydrogen-bond acceptors (Lipinski definition) is 5. The Morgan fingerprint density at radius 1 is 1.35 bits per heavy atom. The van der Waals surface area contributed by atoms with E-state index in [1.807, 2.05) is 36.6 Å². The lowest BCUT2D eigenvalue weighted by molar-refractivity contribution is 0.0921. The van der Waals surface area contributed by atoms with Crippen molar-refractivity contribution in [2.24, 2.45) is 0 Å². The van der Waals surface area contributed by atoms with Crippen molar-refractivity contribution >= 4 is 28.5 Å². The second kappa shape index (κ2) is 6.91. The van der Waals surface area contributed by atoms with Crippen molar-refractivity contribution in [1.82, 2.24) is 14.5 Å². The Kier molecular flexibility index (Phi) is 4.71. The summed E-state index contributed by atoms with van der Waals surface area (Å²) in [6.07, 6.45) is 2.19. The number of hydrogen-bond donors (Lipinski definition) is 0. The van der Waals surface area contributed by atoms with Crippen LogP contribution in [0.2, 0.25) is 0 Å². The molecule has 0 saturated heterocycles. The number of ether oxygens (including phenoxy) is 1. The van der Waals surface area contributed by atoms with Gasteiger partial charge < -0.3 is 4.74 Å². The smallest absolute Gasteiger partial charge is 0.420 e. The van der Waals surface area contributed by atoms with Crippen molar-refractivity contribution in [3.05, 3.63) is 35.2 Å². The van der Waals surface area contributed by atoms with Crippen LogP contribution in [-0.4, -0.2) is 26.7 Å². The van der Waals surface area contributed by atoms with Gasteiger partial charge in [0.15, 0.2) is 5.82 Å². The highest BCUT2D eigenvalue weighted by molar-refractivity contribution is 7.07. The average Bonchev–Trinajstić information content (AvgIpc) is 3.21. The largest absolute Gasteiger partial charge is 0.446 e. The summed E-state index contributed by atoms with van der Waals surface area (Å²) in [6.45, 7) is 4.12. The van der Waals surface area contributed by atoms with Crippen LogP contribution < -0.4 is 0 Å². The molecule has 0 saturated carbocycles. The Labute approximate surface area is 138 Å². The van der Waals surface area contributed by atoms with Gasteiger partial charge in [0.1, 0.15) is 11.8 Å². The molecule has 0 aliphatic carbocycles. The van der Waals surface area contributed by atoms with Gasteiger partial charge in [-0.15, -0.1) is 11.3 Å². The van der Waals surface area contributed by atoms with E-state index >= 15 is 0 Å². The van der Waals surface area contributed by atoms with Gasteiger partial charge in [0.05, 0.1) is 16.5 Å². The average molecular weight is 329 g/mol. The summed E-state index contributed by atoms with van der Waals surface area (Å²) in [4.78, 5) is 21.6. The summed E-state index contributed by atoms with van der Waals surface area (Å²) < 4.78 is 7.22. The fraction of sp³-hybridized carbons (Fsp3) is 0.353. The summed E-state index contributed by atoms with van der Waals surface area (Å²) in [5.41, 5.74) is 3.92. The molecule has 0 N–H and O–H groups in total. The fourth-order valence-corrected chi connectivity index (χ4v) is 3.10.